The predicted octanol–water partition coefficient (Wildman–Crippen LogP) is 4.24. The van der Waals surface area contributed by atoms with Gasteiger partial charge in [-0.25, -0.2) is 0 Å². The summed E-state index contributed by atoms with van der Waals surface area (Å²) in [7, 11) is 0. The summed E-state index contributed by atoms with van der Waals surface area (Å²) in [6.07, 6.45) is 8.45. The van der Waals surface area contributed by atoms with E-state index in [2.05, 4.69) is 26.9 Å². The van der Waals surface area contributed by atoms with Crippen molar-refractivity contribution in [3.63, 3.8) is 0 Å². The van der Waals surface area contributed by atoms with Gasteiger partial charge in [0.1, 0.15) is 4.99 Å². The number of rotatable bonds is 2. The van der Waals surface area contributed by atoms with Crippen molar-refractivity contribution in [3.05, 3.63) is 28.2 Å². The first-order chi connectivity index (χ1) is 9.60. The zero-order valence-electron chi connectivity index (χ0n) is 11.7. The minimum atomic E-state index is 0.459. The summed E-state index contributed by atoms with van der Waals surface area (Å²) in [5, 5.41) is 0. The Bertz CT molecular complexity index is 513. The maximum atomic E-state index is 5.69. The predicted molar refractivity (Wildman–Crippen MR) is 92.4 cm³/mol. The zero-order chi connectivity index (χ0) is 14.2. The average molecular weight is 353 g/mol. The number of thiocarbonyl (C=S) groups is 1. The molecule has 4 heteroatoms. The Hall–Kier alpha value is -0.610. The fourth-order valence-electron chi connectivity index (χ4n) is 3.76. The molecule has 20 heavy (non-hydrogen) atoms. The third-order valence-corrected chi connectivity index (χ3v) is 5.93. The van der Waals surface area contributed by atoms with E-state index in [4.69, 9.17) is 18.0 Å². The second-order valence-corrected chi connectivity index (χ2v) is 7.52. The SMILES string of the molecule is NC(=S)c1ccc(N2CCC3(CCCC3)CC2)c(Br)c1. The van der Waals surface area contributed by atoms with E-state index in [0.717, 1.165) is 10.0 Å². The first kappa shape index (κ1) is 14.3. The Morgan fingerprint density at radius 1 is 1.15 bits per heavy atom. The van der Waals surface area contributed by atoms with Crippen molar-refractivity contribution in [2.75, 3.05) is 18.0 Å². The highest BCUT2D eigenvalue weighted by Gasteiger charge is 2.37. The average Bonchev–Trinajstić information content (AvgIpc) is 2.88. The molecule has 0 amide bonds. The molecule has 1 aliphatic heterocycles. The summed E-state index contributed by atoms with van der Waals surface area (Å²) in [5.74, 6) is 0. The Kier molecular flexibility index (Phi) is 4.04. The van der Waals surface area contributed by atoms with Crippen LogP contribution < -0.4 is 10.6 Å². The normalized spacial score (nSPS) is 21.4. The van der Waals surface area contributed by atoms with Gasteiger partial charge < -0.3 is 10.6 Å². The van der Waals surface area contributed by atoms with Crippen molar-refractivity contribution >= 4 is 38.8 Å². The first-order valence-electron chi connectivity index (χ1n) is 7.44. The summed E-state index contributed by atoms with van der Waals surface area (Å²) in [4.78, 5) is 2.96. The van der Waals surface area contributed by atoms with E-state index in [9.17, 15) is 0 Å². The summed E-state index contributed by atoms with van der Waals surface area (Å²) in [6, 6.07) is 6.21. The van der Waals surface area contributed by atoms with Gasteiger partial charge in [-0.2, -0.15) is 0 Å². The molecule has 2 nitrogen and oxygen atoms in total. The largest absolute Gasteiger partial charge is 0.389 e. The lowest BCUT2D eigenvalue weighted by Gasteiger charge is -2.40. The van der Waals surface area contributed by atoms with Crippen LogP contribution in [0.4, 0.5) is 5.69 Å². The van der Waals surface area contributed by atoms with Gasteiger partial charge in [-0.05, 0) is 65.2 Å². The van der Waals surface area contributed by atoms with Crippen molar-refractivity contribution < 1.29 is 0 Å². The number of nitrogens with zero attached hydrogens (tertiary/aromatic N) is 1. The molecule has 2 aliphatic rings. The van der Waals surface area contributed by atoms with Crippen LogP contribution in [0.15, 0.2) is 22.7 Å². The number of piperidine rings is 1. The van der Waals surface area contributed by atoms with Crippen LogP contribution >= 0.6 is 28.1 Å². The van der Waals surface area contributed by atoms with Crippen LogP contribution in [0.5, 0.6) is 0 Å². The summed E-state index contributed by atoms with van der Waals surface area (Å²) in [6.45, 7) is 2.34. The first-order valence-corrected chi connectivity index (χ1v) is 8.64. The maximum absolute atomic E-state index is 5.69. The summed E-state index contributed by atoms with van der Waals surface area (Å²) >= 11 is 8.70. The Morgan fingerprint density at radius 3 is 2.35 bits per heavy atom. The Balaban J connectivity index is 1.73. The second-order valence-electron chi connectivity index (χ2n) is 6.22. The molecule has 1 spiro atoms. The molecular formula is C16H21BrN2S. The van der Waals surface area contributed by atoms with Crippen LogP contribution in [0.2, 0.25) is 0 Å². The van der Waals surface area contributed by atoms with Gasteiger partial charge in [0.25, 0.3) is 0 Å². The third-order valence-electron chi connectivity index (χ3n) is 5.06. The molecule has 1 saturated heterocycles. The third kappa shape index (κ3) is 2.73. The minimum absolute atomic E-state index is 0.459. The van der Waals surface area contributed by atoms with E-state index in [-0.39, 0.29) is 0 Å². The number of hydrogen-bond donors (Lipinski definition) is 1. The molecule has 3 rings (SSSR count). The molecule has 0 aromatic heterocycles. The van der Waals surface area contributed by atoms with E-state index in [1.165, 1.54) is 57.3 Å². The van der Waals surface area contributed by atoms with Gasteiger partial charge in [0.15, 0.2) is 0 Å². The summed E-state index contributed by atoms with van der Waals surface area (Å²) in [5.41, 5.74) is 8.56. The van der Waals surface area contributed by atoms with E-state index in [1.807, 2.05) is 12.1 Å². The second kappa shape index (κ2) is 5.64. The van der Waals surface area contributed by atoms with Gasteiger partial charge in [-0.1, -0.05) is 25.1 Å². The van der Waals surface area contributed by atoms with Crippen LogP contribution in [0.1, 0.15) is 44.1 Å². The van der Waals surface area contributed by atoms with Gasteiger partial charge in [0.2, 0.25) is 0 Å². The lowest BCUT2D eigenvalue weighted by atomic mass is 9.77. The van der Waals surface area contributed by atoms with Crippen molar-refractivity contribution in [2.24, 2.45) is 11.1 Å². The van der Waals surface area contributed by atoms with Gasteiger partial charge in [-0.15, -0.1) is 0 Å². The lowest BCUT2D eigenvalue weighted by Crippen LogP contribution is -2.39. The lowest BCUT2D eigenvalue weighted by molar-refractivity contribution is 0.226. The number of nitrogens with two attached hydrogens (primary N) is 1. The van der Waals surface area contributed by atoms with Crippen LogP contribution in [-0.4, -0.2) is 18.1 Å². The molecule has 108 valence electrons. The van der Waals surface area contributed by atoms with E-state index in [1.54, 1.807) is 0 Å². The minimum Gasteiger partial charge on any atom is -0.389 e. The highest BCUT2D eigenvalue weighted by Crippen LogP contribution is 2.47. The molecule has 0 bridgehead atoms. The van der Waals surface area contributed by atoms with E-state index < -0.39 is 0 Å². The van der Waals surface area contributed by atoms with Crippen molar-refractivity contribution in [3.8, 4) is 0 Å². The Labute approximate surface area is 134 Å². The molecule has 2 N–H and O–H groups in total. The zero-order valence-corrected chi connectivity index (χ0v) is 14.1. The van der Waals surface area contributed by atoms with Gasteiger partial charge >= 0.3 is 0 Å². The number of hydrogen-bond acceptors (Lipinski definition) is 2. The molecule has 0 atom stereocenters. The fourth-order valence-corrected chi connectivity index (χ4v) is 4.52. The number of anilines is 1. The van der Waals surface area contributed by atoms with Gasteiger partial charge in [0, 0.05) is 23.1 Å². The fraction of sp³-hybridized carbons (Fsp3) is 0.562. The highest BCUT2D eigenvalue weighted by atomic mass is 79.9. The van der Waals surface area contributed by atoms with E-state index >= 15 is 0 Å². The molecule has 0 radical (unpaired) electrons. The van der Waals surface area contributed by atoms with Crippen LogP contribution in [-0.2, 0) is 0 Å². The molecule has 1 heterocycles. The molecule has 1 aliphatic carbocycles. The quantitative estimate of drug-likeness (QED) is 0.807. The van der Waals surface area contributed by atoms with Crippen LogP contribution in [0.3, 0.4) is 0 Å². The van der Waals surface area contributed by atoms with Crippen LogP contribution in [0, 0.1) is 5.41 Å². The van der Waals surface area contributed by atoms with Gasteiger partial charge in [0.05, 0.1) is 5.69 Å². The molecule has 1 aromatic rings. The number of halogens is 1. The summed E-state index contributed by atoms with van der Waals surface area (Å²) < 4.78 is 1.10. The van der Waals surface area contributed by atoms with Crippen molar-refractivity contribution in [1.29, 1.82) is 0 Å². The maximum Gasteiger partial charge on any atom is 0.104 e. The van der Waals surface area contributed by atoms with Gasteiger partial charge in [-0.3, -0.25) is 0 Å². The molecule has 2 fully saturated rings. The standard InChI is InChI=1S/C16H21BrN2S/c17-13-11-12(15(18)20)3-4-14(13)19-9-7-16(8-10-19)5-1-2-6-16/h3-4,11H,1-2,5-10H2,(H2,18,20). The van der Waals surface area contributed by atoms with Crippen LogP contribution in [0.25, 0.3) is 0 Å². The topological polar surface area (TPSA) is 29.3 Å². The van der Waals surface area contributed by atoms with Crippen molar-refractivity contribution in [1.82, 2.24) is 0 Å². The molecule has 0 unspecified atom stereocenters. The highest BCUT2D eigenvalue weighted by molar-refractivity contribution is 9.10. The molecule has 1 aromatic carbocycles. The molecular weight excluding hydrogens is 332 g/mol. The Morgan fingerprint density at radius 2 is 1.80 bits per heavy atom. The monoisotopic (exact) mass is 352 g/mol. The number of benzene rings is 1. The smallest absolute Gasteiger partial charge is 0.104 e. The van der Waals surface area contributed by atoms with Crippen molar-refractivity contribution in [2.45, 2.75) is 38.5 Å². The molecule has 1 saturated carbocycles. The van der Waals surface area contributed by atoms with E-state index in [0.29, 0.717) is 10.4 Å².